The van der Waals surface area contributed by atoms with E-state index in [2.05, 4.69) is 10.6 Å². The Morgan fingerprint density at radius 2 is 2.00 bits per heavy atom. The Morgan fingerprint density at radius 3 is 2.65 bits per heavy atom. The minimum Gasteiger partial charge on any atom is -0.484 e. The van der Waals surface area contributed by atoms with Gasteiger partial charge in [-0.25, -0.2) is 4.39 Å². The summed E-state index contributed by atoms with van der Waals surface area (Å²) in [5.41, 5.74) is 0. The Kier molecular flexibility index (Phi) is 6.03. The third kappa shape index (κ3) is 5.87. The van der Waals surface area contributed by atoms with Gasteiger partial charge in [-0.05, 0) is 30.8 Å². The molecule has 0 fully saturated rings. The average molecular weight is 240 g/mol. The highest BCUT2D eigenvalue weighted by Gasteiger charge is 2.01. The molecular formula is C12H17FN2O2. The second-order valence-corrected chi connectivity index (χ2v) is 3.45. The average Bonchev–Trinajstić information content (AvgIpc) is 2.34. The highest BCUT2D eigenvalue weighted by molar-refractivity contribution is 5.77. The van der Waals surface area contributed by atoms with Gasteiger partial charge in [-0.15, -0.1) is 0 Å². The van der Waals surface area contributed by atoms with Gasteiger partial charge in [0, 0.05) is 13.1 Å². The fraction of sp³-hybridized carbons (Fsp3) is 0.417. The van der Waals surface area contributed by atoms with Crippen LogP contribution in [0.2, 0.25) is 0 Å². The lowest BCUT2D eigenvalue weighted by Crippen LogP contribution is -2.34. The first-order valence-electron chi connectivity index (χ1n) is 5.58. The van der Waals surface area contributed by atoms with E-state index in [9.17, 15) is 9.18 Å². The molecule has 1 aromatic carbocycles. The lowest BCUT2D eigenvalue weighted by Gasteiger charge is -2.07. The van der Waals surface area contributed by atoms with E-state index in [1.807, 2.05) is 6.92 Å². The maximum absolute atomic E-state index is 12.6. The highest BCUT2D eigenvalue weighted by Crippen LogP contribution is 2.10. The van der Waals surface area contributed by atoms with Crippen LogP contribution in [0, 0.1) is 5.82 Å². The Hall–Kier alpha value is -1.62. The van der Waals surface area contributed by atoms with Crippen LogP contribution >= 0.6 is 0 Å². The van der Waals surface area contributed by atoms with Crippen LogP contribution < -0.4 is 15.4 Å². The van der Waals surface area contributed by atoms with Crippen LogP contribution in [0.15, 0.2) is 24.3 Å². The molecule has 1 amide bonds. The molecule has 0 aliphatic rings. The summed E-state index contributed by atoms with van der Waals surface area (Å²) in [6, 6.07) is 5.55. The molecule has 1 aromatic rings. The Morgan fingerprint density at radius 1 is 1.29 bits per heavy atom. The van der Waals surface area contributed by atoms with Crippen molar-refractivity contribution in [2.24, 2.45) is 0 Å². The topological polar surface area (TPSA) is 50.4 Å². The molecule has 0 atom stereocenters. The van der Waals surface area contributed by atoms with E-state index in [0.717, 1.165) is 13.1 Å². The molecule has 5 heteroatoms. The van der Waals surface area contributed by atoms with Crippen molar-refractivity contribution in [3.8, 4) is 5.75 Å². The third-order valence-electron chi connectivity index (χ3n) is 2.06. The van der Waals surface area contributed by atoms with Gasteiger partial charge >= 0.3 is 0 Å². The number of likely N-dealkylation sites (N-methyl/N-ethyl adjacent to an activating group) is 1. The van der Waals surface area contributed by atoms with E-state index in [4.69, 9.17) is 4.74 Å². The van der Waals surface area contributed by atoms with E-state index in [1.54, 1.807) is 0 Å². The number of rotatable bonds is 7. The number of halogens is 1. The molecule has 0 bridgehead atoms. The molecule has 0 saturated carbocycles. The van der Waals surface area contributed by atoms with Gasteiger partial charge in [-0.1, -0.05) is 6.92 Å². The normalized spacial score (nSPS) is 10.0. The summed E-state index contributed by atoms with van der Waals surface area (Å²) < 4.78 is 17.8. The standard InChI is InChI=1S/C12H17FN2O2/c1-2-14-7-8-15-12(16)9-17-11-5-3-10(13)4-6-11/h3-6,14H,2,7-9H2,1H3,(H,15,16). The van der Waals surface area contributed by atoms with Crippen molar-refractivity contribution in [1.82, 2.24) is 10.6 Å². The van der Waals surface area contributed by atoms with Crippen molar-refractivity contribution >= 4 is 5.91 Å². The molecule has 0 unspecified atom stereocenters. The first-order valence-corrected chi connectivity index (χ1v) is 5.58. The van der Waals surface area contributed by atoms with Gasteiger partial charge < -0.3 is 15.4 Å². The van der Waals surface area contributed by atoms with E-state index in [-0.39, 0.29) is 18.3 Å². The second kappa shape index (κ2) is 7.62. The minimum absolute atomic E-state index is 0.0578. The van der Waals surface area contributed by atoms with Gasteiger partial charge in [0.25, 0.3) is 5.91 Å². The maximum atomic E-state index is 12.6. The first-order chi connectivity index (χ1) is 8.22. The van der Waals surface area contributed by atoms with Crippen molar-refractivity contribution in [2.75, 3.05) is 26.2 Å². The predicted molar refractivity (Wildman–Crippen MR) is 63.4 cm³/mol. The number of ether oxygens (including phenoxy) is 1. The van der Waals surface area contributed by atoms with Crippen LogP contribution in [0.5, 0.6) is 5.75 Å². The Balaban J connectivity index is 2.17. The third-order valence-corrected chi connectivity index (χ3v) is 2.06. The van der Waals surface area contributed by atoms with Crippen molar-refractivity contribution in [2.45, 2.75) is 6.92 Å². The van der Waals surface area contributed by atoms with E-state index < -0.39 is 0 Å². The first kappa shape index (κ1) is 13.4. The van der Waals surface area contributed by atoms with Crippen LogP contribution in [0.25, 0.3) is 0 Å². The van der Waals surface area contributed by atoms with Gasteiger partial charge in [0.15, 0.2) is 6.61 Å². The molecule has 17 heavy (non-hydrogen) atoms. The summed E-state index contributed by atoms with van der Waals surface area (Å²) in [6.07, 6.45) is 0. The number of benzene rings is 1. The highest BCUT2D eigenvalue weighted by atomic mass is 19.1. The monoisotopic (exact) mass is 240 g/mol. The lowest BCUT2D eigenvalue weighted by molar-refractivity contribution is -0.123. The Labute approximate surface area is 100 Å². The summed E-state index contributed by atoms with van der Waals surface area (Å²) in [6.45, 7) is 4.12. The SMILES string of the molecule is CCNCCNC(=O)COc1ccc(F)cc1. The largest absolute Gasteiger partial charge is 0.484 e. The summed E-state index contributed by atoms with van der Waals surface area (Å²) in [4.78, 5) is 11.3. The molecular weight excluding hydrogens is 223 g/mol. The van der Waals surface area contributed by atoms with Gasteiger partial charge in [0.1, 0.15) is 11.6 Å². The lowest BCUT2D eigenvalue weighted by atomic mass is 10.3. The quantitative estimate of drug-likeness (QED) is 0.697. The molecule has 0 heterocycles. The van der Waals surface area contributed by atoms with Crippen LogP contribution in [0.4, 0.5) is 4.39 Å². The molecule has 0 aliphatic heterocycles. The van der Waals surface area contributed by atoms with E-state index >= 15 is 0 Å². The second-order valence-electron chi connectivity index (χ2n) is 3.45. The van der Waals surface area contributed by atoms with Crippen molar-refractivity contribution in [3.63, 3.8) is 0 Å². The van der Waals surface area contributed by atoms with Crippen LogP contribution in [0.3, 0.4) is 0 Å². The zero-order valence-corrected chi connectivity index (χ0v) is 9.83. The molecule has 0 aromatic heterocycles. The molecule has 0 spiro atoms. The molecule has 2 N–H and O–H groups in total. The number of hydrogen-bond donors (Lipinski definition) is 2. The molecule has 0 aliphatic carbocycles. The van der Waals surface area contributed by atoms with Gasteiger partial charge in [-0.2, -0.15) is 0 Å². The molecule has 0 saturated heterocycles. The van der Waals surface area contributed by atoms with Crippen molar-refractivity contribution in [1.29, 1.82) is 0 Å². The molecule has 4 nitrogen and oxygen atoms in total. The van der Waals surface area contributed by atoms with Crippen molar-refractivity contribution in [3.05, 3.63) is 30.1 Å². The fourth-order valence-corrected chi connectivity index (χ4v) is 1.20. The summed E-state index contributed by atoms with van der Waals surface area (Å²) in [5, 5.41) is 5.79. The van der Waals surface area contributed by atoms with Crippen LogP contribution in [-0.4, -0.2) is 32.1 Å². The smallest absolute Gasteiger partial charge is 0.257 e. The van der Waals surface area contributed by atoms with E-state index in [1.165, 1.54) is 24.3 Å². The van der Waals surface area contributed by atoms with Crippen LogP contribution in [0.1, 0.15) is 6.92 Å². The molecule has 94 valence electrons. The minimum atomic E-state index is -0.326. The van der Waals surface area contributed by atoms with Gasteiger partial charge in [0.2, 0.25) is 0 Å². The number of hydrogen-bond acceptors (Lipinski definition) is 3. The number of carbonyl (C=O) groups excluding carboxylic acids is 1. The van der Waals surface area contributed by atoms with E-state index in [0.29, 0.717) is 12.3 Å². The fourth-order valence-electron chi connectivity index (χ4n) is 1.20. The maximum Gasteiger partial charge on any atom is 0.257 e. The Bertz CT molecular complexity index is 341. The number of amides is 1. The number of carbonyl (C=O) groups is 1. The van der Waals surface area contributed by atoms with Crippen LogP contribution in [-0.2, 0) is 4.79 Å². The van der Waals surface area contributed by atoms with Gasteiger partial charge in [0.05, 0.1) is 0 Å². The molecule has 1 rings (SSSR count). The summed E-state index contributed by atoms with van der Waals surface area (Å²) in [7, 11) is 0. The van der Waals surface area contributed by atoms with Gasteiger partial charge in [-0.3, -0.25) is 4.79 Å². The molecule has 0 radical (unpaired) electrons. The zero-order valence-electron chi connectivity index (χ0n) is 9.83. The number of nitrogens with one attached hydrogen (secondary N) is 2. The predicted octanol–water partition coefficient (Wildman–Crippen LogP) is 0.930. The summed E-state index contributed by atoms with van der Waals surface area (Å²) >= 11 is 0. The van der Waals surface area contributed by atoms with Crippen molar-refractivity contribution < 1.29 is 13.9 Å². The zero-order chi connectivity index (χ0) is 12.5. The summed E-state index contributed by atoms with van der Waals surface area (Å²) in [5.74, 6) is -0.0343.